The normalized spacial score (nSPS) is 12.4. The lowest BCUT2D eigenvalue weighted by Gasteiger charge is -2.12. The zero-order valence-corrected chi connectivity index (χ0v) is 11.6. The van der Waals surface area contributed by atoms with Crippen LogP contribution in [-0.2, 0) is 16.0 Å². The van der Waals surface area contributed by atoms with Crippen LogP contribution in [-0.4, -0.2) is 23.7 Å². The van der Waals surface area contributed by atoms with Gasteiger partial charge in [-0.15, -0.1) is 0 Å². The van der Waals surface area contributed by atoms with Crippen molar-refractivity contribution >= 4 is 5.97 Å². The molecule has 0 aliphatic rings. The Morgan fingerprint density at radius 2 is 1.95 bits per heavy atom. The van der Waals surface area contributed by atoms with Gasteiger partial charge in [0.1, 0.15) is 11.8 Å². The molecule has 0 bridgehead atoms. The SMILES string of the molecule is CC(C)CCCOC(=O)C(N)Cc1ccc(O)cc1. The van der Waals surface area contributed by atoms with Gasteiger partial charge in [0.2, 0.25) is 0 Å². The third-order valence-electron chi connectivity index (χ3n) is 2.86. The lowest BCUT2D eigenvalue weighted by atomic mass is 10.1. The lowest BCUT2D eigenvalue weighted by Crippen LogP contribution is -2.34. The molecule has 1 rings (SSSR count). The van der Waals surface area contributed by atoms with E-state index in [9.17, 15) is 4.79 Å². The molecule has 106 valence electrons. The topological polar surface area (TPSA) is 72.5 Å². The van der Waals surface area contributed by atoms with E-state index in [4.69, 9.17) is 15.6 Å². The molecule has 0 aliphatic heterocycles. The van der Waals surface area contributed by atoms with Crippen molar-refractivity contribution in [3.05, 3.63) is 29.8 Å². The summed E-state index contributed by atoms with van der Waals surface area (Å²) in [6.07, 6.45) is 2.33. The average Bonchev–Trinajstić information content (AvgIpc) is 2.36. The molecule has 0 saturated heterocycles. The molecular weight excluding hydrogens is 242 g/mol. The molecule has 0 spiro atoms. The van der Waals surface area contributed by atoms with Crippen molar-refractivity contribution < 1.29 is 14.6 Å². The summed E-state index contributed by atoms with van der Waals surface area (Å²) in [6, 6.07) is 6.01. The third kappa shape index (κ3) is 6.25. The Morgan fingerprint density at radius 3 is 2.53 bits per heavy atom. The molecular formula is C15H23NO3. The predicted molar refractivity (Wildman–Crippen MR) is 74.8 cm³/mol. The standard InChI is InChI=1S/C15H23NO3/c1-11(2)4-3-9-19-15(18)14(16)10-12-5-7-13(17)8-6-12/h5-8,11,14,17H,3-4,9-10,16H2,1-2H3. The van der Waals surface area contributed by atoms with Gasteiger partial charge in [-0.05, 0) is 42.9 Å². The highest BCUT2D eigenvalue weighted by Crippen LogP contribution is 2.11. The number of phenols is 1. The molecule has 1 aromatic carbocycles. The summed E-state index contributed by atoms with van der Waals surface area (Å²) in [5.74, 6) is 0.454. The fourth-order valence-corrected chi connectivity index (χ4v) is 1.74. The van der Waals surface area contributed by atoms with Crippen LogP contribution < -0.4 is 5.73 Å². The number of benzene rings is 1. The van der Waals surface area contributed by atoms with Crippen LogP contribution in [0.15, 0.2) is 24.3 Å². The van der Waals surface area contributed by atoms with Crippen molar-refractivity contribution in [2.45, 2.75) is 39.2 Å². The largest absolute Gasteiger partial charge is 0.508 e. The number of carbonyl (C=O) groups excluding carboxylic acids is 1. The van der Waals surface area contributed by atoms with Gasteiger partial charge in [-0.1, -0.05) is 26.0 Å². The molecule has 19 heavy (non-hydrogen) atoms. The first-order chi connectivity index (χ1) is 8.99. The molecule has 3 N–H and O–H groups in total. The van der Waals surface area contributed by atoms with Gasteiger partial charge < -0.3 is 15.6 Å². The molecule has 4 heteroatoms. The van der Waals surface area contributed by atoms with E-state index in [1.165, 1.54) is 0 Å². The number of hydrogen-bond donors (Lipinski definition) is 2. The van der Waals surface area contributed by atoms with E-state index >= 15 is 0 Å². The number of aromatic hydroxyl groups is 1. The number of phenolic OH excluding ortho intramolecular Hbond substituents is 1. The minimum absolute atomic E-state index is 0.202. The number of ether oxygens (including phenoxy) is 1. The summed E-state index contributed by atoms with van der Waals surface area (Å²) >= 11 is 0. The van der Waals surface area contributed by atoms with Crippen LogP contribution in [0.25, 0.3) is 0 Å². The van der Waals surface area contributed by atoms with Gasteiger partial charge in [0, 0.05) is 0 Å². The molecule has 0 heterocycles. The Labute approximate surface area is 114 Å². The van der Waals surface area contributed by atoms with E-state index in [1.807, 2.05) is 0 Å². The molecule has 0 aliphatic carbocycles. The zero-order valence-electron chi connectivity index (χ0n) is 11.6. The summed E-state index contributed by atoms with van der Waals surface area (Å²) in [4.78, 5) is 11.7. The first kappa shape index (κ1) is 15.5. The van der Waals surface area contributed by atoms with Crippen LogP contribution in [0.5, 0.6) is 5.75 Å². The second kappa shape index (κ2) is 7.79. The Bertz CT molecular complexity index is 387. The fraction of sp³-hybridized carbons (Fsp3) is 0.533. The first-order valence-corrected chi connectivity index (χ1v) is 6.69. The van der Waals surface area contributed by atoms with Gasteiger partial charge in [-0.3, -0.25) is 4.79 Å². The smallest absolute Gasteiger partial charge is 0.323 e. The minimum atomic E-state index is -0.649. The third-order valence-corrected chi connectivity index (χ3v) is 2.86. The highest BCUT2D eigenvalue weighted by atomic mass is 16.5. The molecule has 4 nitrogen and oxygen atoms in total. The van der Waals surface area contributed by atoms with Crippen LogP contribution in [0, 0.1) is 5.92 Å². The molecule has 0 aromatic heterocycles. The van der Waals surface area contributed by atoms with Crippen molar-refractivity contribution in [1.82, 2.24) is 0 Å². The molecule has 1 atom stereocenters. The van der Waals surface area contributed by atoms with Crippen molar-refractivity contribution in [2.75, 3.05) is 6.61 Å². The molecule has 1 aromatic rings. The Morgan fingerprint density at radius 1 is 1.32 bits per heavy atom. The Hall–Kier alpha value is -1.55. The van der Waals surface area contributed by atoms with E-state index in [2.05, 4.69) is 13.8 Å². The zero-order chi connectivity index (χ0) is 14.3. The molecule has 1 unspecified atom stereocenters. The van der Waals surface area contributed by atoms with E-state index in [0.717, 1.165) is 18.4 Å². The van der Waals surface area contributed by atoms with E-state index in [0.29, 0.717) is 18.9 Å². The van der Waals surface area contributed by atoms with Crippen molar-refractivity contribution in [1.29, 1.82) is 0 Å². The maximum Gasteiger partial charge on any atom is 0.323 e. The quantitative estimate of drug-likeness (QED) is 0.586. The number of nitrogens with two attached hydrogens (primary N) is 1. The van der Waals surface area contributed by atoms with Crippen molar-refractivity contribution in [3.8, 4) is 5.75 Å². The maximum absolute atomic E-state index is 11.7. The Balaban J connectivity index is 2.30. The van der Waals surface area contributed by atoms with Gasteiger partial charge in [-0.25, -0.2) is 0 Å². The van der Waals surface area contributed by atoms with Crippen LogP contribution in [0.4, 0.5) is 0 Å². The van der Waals surface area contributed by atoms with Gasteiger partial charge in [0.25, 0.3) is 0 Å². The number of hydrogen-bond acceptors (Lipinski definition) is 4. The molecule has 0 amide bonds. The van der Waals surface area contributed by atoms with Crippen LogP contribution in [0.1, 0.15) is 32.3 Å². The molecule has 0 radical (unpaired) electrons. The lowest BCUT2D eigenvalue weighted by molar-refractivity contribution is -0.145. The van der Waals surface area contributed by atoms with Crippen LogP contribution in [0.2, 0.25) is 0 Å². The summed E-state index contributed by atoms with van der Waals surface area (Å²) in [5.41, 5.74) is 6.70. The van der Waals surface area contributed by atoms with Gasteiger partial charge in [0.15, 0.2) is 0 Å². The van der Waals surface area contributed by atoms with Crippen LogP contribution in [0.3, 0.4) is 0 Å². The number of rotatable bonds is 7. The minimum Gasteiger partial charge on any atom is -0.508 e. The maximum atomic E-state index is 11.7. The average molecular weight is 265 g/mol. The predicted octanol–water partition coefficient (Wildman–Crippen LogP) is 2.24. The van der Waals surface area contributed by atoms with Crippen molar-refractivity contribution in [2.24, 2.45) is 11.7 Å². The van der Waals surface area contributed by atoms with Gasteiger partial charge >= 0.3 is 5.97 Å². The highest BCUT2D eigenvalue weighted by Gasteiger charge is 2.15. The summed E-state index contributed by atoms with van der Waals surface area (Å²) in [7, 11) is 0. The second-order valence-electron chi connectivity index (χ2n) is 5.18. The fourth-order valence-electron chi connectivity index (χ4n) is 1.74. The number of carbonyl (C=O) groups is 1. The molecule has 0 saturated carbocycles. The summed E-state index contributed by atoms with van der Waals surface area (Å²) in [5, 5.41) is 9.17. The van der Waals surface area contributed by atoms with E-state index < -0.39 is 6.04 Å². The first-order valence-electron chi connectivity index (χ1n) is 6.69. The summed E-state index contributed by atoms with van der Waals surface area (Å²) < 4.78 is 5.14. The monoisotopic (exact) mass is 265 g/mol. The summed E-state index contributed by atoms with van der Waals surface area (Å²) in [6.45, 7) is 4.71. The van der Waals surface area contributed by atoms with E-state index in [-0.39, 0.29) is 11.7 Å². The van der Waals surface area contributed by atoms with Crippen LogP contribution >= 0.6 is 0 Å². The highest BCUT2D eigenvalue weighted by molar-refractivity contribution is 5.75. The van der Waals surface area contributed by atoms with Gasteiger partial charge in [-0.2, -0.15) is 0 Å². The van der Waals surface area contributed by atoms with Crippen molar-refractivity contribution in [3.63, 3.8) is 0 Å². The Kier molecular flexibility index (Phi) is 6.36. The second-order valence-corrected chi connectivity index (χ2v) is 5.18. The van der Waals surface area contributed by atoms with E-state index in [1.54, 1.807) is 24.3 Å². The molecule has 0 fully saturated rings. The van der Waals surface area contributed by atoms with Gasteiger partial charge in [0.05, 0.1) is 6.61 Å². The number of esters is 1.